The molecule has 0 fully saturated rings. The fourth-order valence-corrected chi connectivity index (χ4v) is 2.25. The monoisotopic (exact) mass is 507 g/mol. The molecule has 12 heavy (non-hydrogen) atoms. The Labute approximate surface area is 116 Å². The van der Waals surface area contributed by atoms with Gasteiger partial charge in [-0.05, 0) is 12.8 Å². The highest BCUT2D eigenvalue weighted by Gasteiger charge is 2.03. The van der Waals surface area contributed by atoms with Gasteiger partial charge in [-0.1, -0.05) is 80.6 Å². The summed E-state index contributed by atoms with van der Waals surface area (Å²) >= 11 is 7.44. The van der Waals surface area contributed by atoms with Gasteiger partial charge in [0.1, 0.15) is 0 Å². The molecule has 0 aliphatic heterocycles. The van der Waals surface area contributed by atoms with Gasteiger partial charge in [0.05, 0.1) is 0 Å². The largest absolute Gasteiger partial charge is 0.329 e. The van der Waals surface area contributed by atoms with Crippen LogP contribution in [-0.4, -0.2) is 18.8 Å². The zero-order valence-corrected chi connectivity index (χ0v) is 13.6. The molecular weight excluding hydrogens is 491 g/mol. The fraction of sp³-hybridized carbons (Fsp3) is 1.00. The fourth-order valence-electron chi connectivity index (χ4n) is 0.927. The Bertz CT molecular complexity index is 88.3. The molecule has 2 atom stereocenters. The van der Waals surface area contributed by atoms with Gasteiger partial charge in [-0.3, -0.25) is 0 Å². The second-order valence-electron chi connectivity index (χ2n) is 2.87. The van der Waals surface area contributed by atoms with Crippen LogP contribution in [0.5, 0.6) is 0 Å². The van der Waals surface area contributed by atoms with Crippen molar-refractivity contribution in [1.82, 2.24) is 0 Å². The van der Waals surface area contributed by atoms with Crippen LogP contribution in [0, 0.1) is 0 Å². The van der Waals surface area contributed by atoms with E-state index in [1.165, 1.54) is 30.1 Å². The Hall–Kier alpha value is 2.15. The zero-order chi connectivity index (χ0) is 9.40. The smallest absolute Gasteiger partial charge is 0.0232 e. The quantitative estimate of drug-likeness (QED) is 0.319. The Balaban J connectivity index is 3.10. The first-order chi connectivity index (χ1) is 5.70. The first-order valence-corrected chi connectivity index (χ1v) is 8.26. The highest BCUT2D eigenvalue weighted by atomic mass is 127. The summed E-state index contributed by atoms with van der Waals surface area (Å²) < 4.78 is 2.84. The molecule has 0 saturated carbocycles. The summed E-state index contributed by atoms with van der Waals surface area (Å²) in [5.74, 6) is 0. The Morgan fingerprint density at radius 3 is 1.92 bits per heavy atom. The Morgan fingerprint density at radius 1 is 1.00 bits per heavy atom. The number of hydrogen-bond acceptors (Lipinski definition) is 1. The number of hydrogen-bond donors (Lipinski definition) is 1. The van der Waals surface area contributed by atoms with Gasteiger partial charge in [-0.25, -0.2) is 0 Å². The van der Waals surface area contributed by atoms with Gasteiger partial charge in [0.15, 0.2) is 0 Å². The minimum atomic E-state index is 0.690. The highest BCUT2D eigenvalue weighted by molar-refractivity contribution is 14.1. The van der Waals surface area contributed by atoms with E-state index in [1.807, 2.05) is 0 Å². The third kappa shape index (κ3) is 8.74. The van der Waals surface area contributed by atoms with Crippen molar-refractivity contribution < 1.29 is 0 Å². The lowest BCUT2D eigenvalue weighted by Gasteiger charge is -2.07. The molecule has 0 saturated heterocycles. The van der Waals surface area contributed by atoms with Crippen LogP contribution in [0.2, 0.25) is 0 Å². The minimum absolute atomic E-state index is 0.690. The van der Waals surface area contributed by atoms with Gasteiger partial charge in [-0.2, -0.15) is 0 Å². The second kappa shape index (κ2) is 9.70. The molecule has 0 aliphatic rings. The molecular formula is C8H16I3N. The molecule has 0 radical (unpaired) electrons. The lowest BCUT2D eigenvalue weighted by molar-refractivity contribution is 0.642. The van der Waals surface area contributed by atoms with Gasteiger partial charge >= 0.3 is 0 Å². The van der Waals surface area contributed by atoms with E-state index in [2.05, 4.69) is 67.8 Å². The molecule has 4 heteroatoms. The van der Waals surface area contributed by atoms with Crippen LogP contribution in [0.3, 0.4) is 0 Å². The van der Waals surface area contributed by atoms with E-state index in [4.69, 9.17) is 5.73 Å². The van der Waals surface area contributed by atoms with Crippen LogP contribution in [0.1, 0.15) is 25.7 Å². The van der Waals surface area contributed by atoms with Gasteiger partial charge in [0.2, 0.25) is 0 Å². The van der Waals surface area contributed by atoms with Crippen molar-refractivity contribution >= 4 is 67.8 Å². The van der Waals surface area contributed by atoms with Gasteiger partial charge < -0.3 is 5.73 Å². The van der Waals surface area contributed by atoms with E-state index in [0.717, 1.165) is 10.5 Å². The van der Waals surface area contributed by atoms with E-state index >= 15 is 0 Å². The average Bonchev–Trinajstić information content (AvgIpc) is 2.11. The first kappa shape index (κ1) is 14.2. The molecule has 0 aromatic carbocycles. The van der Waals surface area contributed by atoms with Crippen LogP contribution in [0.15, 0.2) is 0 Å². The van der Waals surface area contributed by atoms with Crippen molar-refractivity contribution in [1.29, 1.82) is 0 Å². The molecule has 0 aliphatic carbocycles. The predicted molar refractivity (Wildman–Crippen MR) is 82.0 cm³/mol. The maximum Gasteiger partial charge on any atom is 0.0232 e. The number of unbranched alkanes of at least 4 members (excludes halogenated alkanes) is 1. The zero-order valence-electron chi connectivity index (χ0n) is 7.11. The van der Waals surface area contributed by atoms with Crippen LogP contribution >= 0.6 is 67.8 Å². The maximum atomic E-state index is 5.53. The summed E-state index contributed by atoms with van der Waals surface area (Å²) in [7, 11) is 0. The molecule has 2 unspecified atom stereocenters. The normalized spacial score (nSPS) is 16.0. The van der Waals surface area contributed by atoms with Crippen molar-refractivity contribution in [3.8, 4) is 0 Å². The number of alkyl halides is 3. The lowest BCUT2D eigenvalue weighted by atomic mass is 10.1. The molecule has 0 heterocycles. The van der Waals surface area contributed by atoms with E-state index in [1.54, 1.807) is 0 Å². The lowest BCUT2D eigenvalue weighted by Crippen LogP contribution is -2.13. The molecule has 74 valence electrons. The van der Waals surface area contributed by atoms with Gasteiger partial charge in [0.25, 0.3) is 0 Å². The minimum Gasteiger partial charge on any atom is -0.329 e. The van der Waals surface area contributed by atoms with Crippen molar-refractivity contribution in [2.75, 3.05) is 11.0 Å². The Kier molecular flexibility index (Phi) is 11.4. The number of nitrogens with two attached hydrogens (primary N) is 1. The third-order valence-electron chi connectivity index (χ3n) is 1.71. The van der Waals surface area contributed by atoms with Crippen molar-refractivity contribution in [2.45, 2.75) is 33.5 Å². The van der Waals surface area contributed by atoms with Crippen molar-refractivity contribution in [3.63, 3.8) is 0 Å². The average molecular weight is 507 g/mol. The number of halogens is 3. The van der Waals surface area contributed by atoms with Crippen molar-refractivity contribution in [2.24, 2.45) is 5.73 Å². The standard InChI is InChI=1S/C8H16I3N/c9-5-7(10)3-1-2-4-8(11)6-12/h7-8H,1-6,12H2. The highest BCUT2D eigenvalue weighted by Crippen LogP contribution is 2.16. The number of rotatable bonds is 7. The molecule has 2 N–H and O–H groups in total. The molecule has 0 bridgehead atoms. The third-order valence-corrected chi connectivity index (χ3v) is 6.65. The summed E-state index contributed by atoms with van der Waals surface area (Å²) in [6, 6.07) is 0. The summed E-state index contributed by atoms with van der Waals surface area (Å²) in [5.41, 5.74) is 5.53. The molecule has 0 amide bonds. The van der Waals surface area contributed by atoms with Crippen LogP contribution < -0.4 is 5.73 Å². The summed E-state index contributed by atoms with van der Waals surface area (Å²) in [4.78, 5) is 0. The SMILES string of the molecule is NCC(I)CCCCC(I)CI. The van der Waals surface area contributed by atoms with Crippen LogP contribution in [-0.2, 0) is 0 Å². The van der Waals surface area contributed by atoms with E-state index in [9.17, 15) is 0 Å². The van der Waals surface area contributed by atoms with Gasteiger partial charge in [0, 0.05) is 18.8 Å². The topological polar surface area (TPSA) is 26.0 Å². The first-order valence-electron chi connectivity index (χ1n) is 4.24. The van der Waals surface area contributed by atoms with E-state index < -0.39 is 0 Å². The van der Waals surface area contributed by atoms with E-state index in [0.29, 0.717) is 3.92 Å². The Morgan fingerprint density at radius 2 is 1.50 bits per heavy atom. The van der Waals surface area contributed by atoms with Crippen molar-refractivity contribution in [3.05, 3.63) is 0 Å². The molecule has 0 aromatic heterocycles. The molecule has 0 rings (SSSR count). The molecule has 0 aromatic rings. The summed E-state index contributed by atoms with van der Waals surface area (Å²) in [6.07, 6.45) is 5.39. The van der Waals surface area contributed by atoms with E-state index in [-0.39, 0.29) is 0 Å². The summed E-state index contributed by atoms with van der Waals surface area (Å²) in [6.45, 7) is 0.834. The van der Waals surface area contributed by atoms with Crippen LogP contribution in [0.4, 0.5) is 0 Å². The predicted octanol–water partition coefficient (Wildman–Crippen LogP) is 3.55. The molecule has 1 nitrogen and oxygen atoms in total. The molecule has 0 spiro atoms. The van der Waals surface area contributed by atoms with Crippen LogP contribution in [0.25, 0.3) is 0 Å². The maximum absolute atomic E-state index is 5.53. The summed E-state index contributed by atoms with van der Waals surface area (Å²) in [5, 5.41) is 0. The second-order valence-corrected chi connectivity index (χ2v) is 7.27. The van der Waals surface area contributed by atoms with Gasteiger partial charge in [-0.15, -0.1) is 0 Å².